The standard InChI is InChI=1S/C11H20N2S/c1-5-9-8-12-10(14)13(9)11(4,6-2)7-3/h8H,5-7H2,1-4H3,(H,12,14). The van der Waals surface area contributed by atoms with Crippen molar-refractivity contribution in [1.29, 1.82) is 0 Å². The fourth-order valence-electron chi connectivity index (χ4n) is 1.82. The van der Waals surface area contributed by atoms with Crippen LogP contribution in [-0.2, 0) is 12.0 Å². The number of nitrogens with one attached hydrogen (secondary N) is 1. The SMILES string of the molecule is CCc1c[nH]c(=S)n1C(C)(CC)CC. The lowest BCUT2D eigenvalue weighted by molar-refractivity contribution is 0.283. The molecule has 0 bridgehead atoms. The van der Waals surface area contributed by atoms with Gasteiger partial charge in [-0.1, -0.05) is 20.8 Å². The lowest BCUT2D eigenvalue weighted by Crippen LogP contribution is -2.30. The molecule has 0 saturated carbocycles. The molecule has 0 atom stereocenters. The van der Waals surface area contributed by atoms with Crippen LogP contribution in [0.25, 0.3) is 0 Å². The second kappa shape index (κ2) is 4.30. The molecular weight excluding hydrogens is 192 g/mol. The molecule has 0 aliphatic rings. The average molecular weight is 212 g/mol. The minimum atomic E-state index is 0.169. The van der Waals surface area contributed by atoms with Crippen LogP contribution < -0.4 is 0 Å². The van der Waals surface area contributed by atoms with E-state index in [0.29, 0.717) is 0 Å². The molecule has 14 heavy (non-hydrogen) atoms. The van der Waals surface area contributed by atoms with E-state index in [0.717, 1.165) is 24.0 Å². The van der Waals surface area contributed by atoms with E-state index in [1.165, 1.54) is 5.69 Å². The number of imidazole rings is 1. The van der Waals surface area contributed by atoms with Gasteiger partial charge in [-0.15, -0.1) is 0 Å². The molecule has 0 saturated heterocycles. The van der Waals surface area contributed by atoms with E-state index in [1.54, 1.807) is 0 Å². The van der Waals surface area contributed by atoms with Crippen LogP contribution in [-0.4, -0.2) is 9.55 Å². The molecule has 0 amide bonds. The Morgan fingerprint density at radius 3 is 2.36 bits per heavy atom. The number of rotatable bonds is 4. The number of hydrogen-bond acceptors (Lipinski definition) is 1. The van der Waals surface area contributed by atoms with Gasteiger partial charge in [-0.05, 0) is 38.4 Å². The van der Waals surface area contributed by atoms with E-state index in [-0.39, 0.29) is 5.54 Å². The maximum Gasteiger partial charge on any atom is 0.177 e. The fraction of sp³-hybridized carbons (Fsp3) is 0.727. The van der Waals surface area contributed by atoms with Crippen molar-refractivity contribution in [2.75, 3.05) is 0 Å². The Morgan fingerprint density at radius 1 is 1.36 bits per heavy atom. The van der Waals surface area contributed by atoms with Crippen molar-refractivity contribution >= 4 is 12.2 Å². The molecule has 80 valence electrons. The van der Waals surface area contributed by atoms with Gasteiger partial charge in [-0.25, -0.2) is 0 Å². The zero-order valence-electron chi connectivity index (χ0n) is 9.55. The van der Waals surface area contributed by atoms with Gasteiger partial charge in [0.25, 0.3) is 0 Å². The number of hydrogen-bond donors (Lipinski definition) is 1. The lowest BCUT2D eigenvalue weighted by Gasteiger charge is -2.30. The summed E-state index contributed by atoms with van der Waals surface area (Å²) in [5.74, 6) is 0. The predicted octanol–water partition coefficient (Wildman–Crippen LogP) is 3.64. The van der Waals surface area contributed by atoms with Gasteiger partial charge in [0, 0.05) is 17.4 Å². The van der Waals surface area contributed by atoms with Gasteiger partial charge in [0.1, 0.15) is 0 Å². The third-order valence-corrected chi connectivity index (χ3v) is 3.58. The van der Waals surface area contributed by atoms with Crippen molar-refractivity contribution in [2.45, 2.75) is 52.5 Å². The van der Waals surface area contributed by atoms with Crippen LogP contribution in [0.4, 0.5) is 0 Å². The molecule has 1 rings (SSSR count). The van der Waals surface area contributed by atoms with E-state index in [4.69, 9.17) is 12.2 Å². The Kier molecular flexibility index (Phi) is 3.53. The molecule has 3 heteroatoms. The fourth-order valence-corrected chi connectivity index (χ4v) is 2.22. The van der Waals surface area contributed by atoms with Gasteiger partial charge in [0.15, 0.2) is 4.77 Å². The molecule has 0 aliphatic carbocycles. The molecule has 0 spiro atoms. The van der Waals surface area contributed by atoms with Crippen LogP contribution in [0.5, 0.6) is 0 Å². The maximum atomic E-state index is 5.33. The van der Waals surface area contributed by atoms with E-state index in [1.807, 2.05) is 6.20 Å². The van der Waals surface area contributed by atoms with Crippen LogP contribution in [0.15, 0.2) is 6.20 Å². The monoisotopic (exact) mass is 212 g/mol. The quantitative estimate of drug-likeness (QED) is 0.756. The molecule has 2 nitrogen and oxygen atoms in total. The normalized spacial score (nSPS) is 12.0. The molecule has 0 fully saturated rings. The summed E-state index contributed by atoms with van der Waals surface area (Å²) in [7, 11) is 0. The summed E-state index contributed by atoms with van der Waals surface area (Å²) in [6.45, 7) is 8.88. The minimum Gasteiger partial charge on any atom is -0.337 e. The molecule has 0 aliphatic heterocycles. The summed E-state index contributed by atoms with van der Waals surface area (Å²) in [5.41, 5.74) is 1.48. The van der Waals surface area contributed by atoms with Crippen LogP contribution >= 0.6 is 12.2 Å². The van der Waals surface area contributed by atoms with E-state index < -0.39 is 0 Å². The first-order valence-corrected chi connectivity index (χ1v) is 5.79. The van der Waals surface area contributed by atoms with Crippen molar-refractivity contribution < 1.29 is 0 Å². The number of H-pyrrole nitrogens is 1. The summed E-state index contributed by atoms with van der Waals surface area (Å²) in [5, 5.41) is 0. The molecule has 1 heterocycles. The topological polar surface area (TPSA) is 20.7 Å². The van der Waals surface area contributed by atoms with Gasteiger partial charge in [0.05, 0.1) is 0 Å². The Morgan fingerprint density at radius 2 is 1.93 bits per heavy atom. The van der Waals surface area contributed by atoms with Crippen molar-refractivity contribution in [3.63, 3.8) is 0 Å². The summed E-state index contributed by atoms with van der Waals surface area (Å²) in [6.07, 6.45) is 5.29. The summed E-state index contributed by atoms with van der Waals surface area (Å²) >= 11 is 5.33. The summed E-state index contributed by atoms with van der Waals surface area (Å²) in [4.78, 5) is 3.14. The highest BCUT2D eigenvalue weighted by molar-refractivity contribution is 7.71. The third kappa shape index (κ3) is 1.78. The smallest absolute Gasteiger partial charge is 0.177 e. The maximum absolute atomic E-state index is 5.33. The average Bonchev–Trinajstić information content (AvgIpc) is 2.59. The van der Waals surface area contributed by atoms with Crippen molar-refractivity contribution in [3.8, 4) is 0 Å². The summed E-state index contributed by atoms with van der Waals surface area (Å²) < 4.78 is 3.13. The van der Waals surface area contributed by atoms with Crippen LogP contribution in [0, 0.1) is 4.77 Å². The van der Waals surface area contributed by atoms with E-state index in [2.05, 4.69) is 37.2 Å². The van der Waals surface area contributed by atoms with Crippen LogP contribution in [0.1, 0.15) is 46.2 Å². The van der Waals surface area contributed by atoms with Crippen LogP contribution in [0.2, 0.25) is 0 Å². The lowest BCUT2D eigenvalue weighted by atomic mass is 9.95. The molecule has 0 radical (unpaired) electrons. The second-order valence-electron chi connectivity index (χ2n) is 3.98. The zero-order valence-corrected chi connectivity index (χ0v) is 10.4. The number of aryl methyl sites for hydroxylation is 1. The predicted molar refractivity (Wildman–Crippen MR) is 63.2 cm³/mol. The summed E-state index contributed by atoms with van der Waals surface area (Å²) in [6, 6.07) is 0. The van der Waals surface area contributed by atoms with E-state index >= 15 is 0 Å². The highest BCUT2D eigenvalue weighted by Gasteiger charge is 2.24. The first-order chi connectivity index (χ1) is 6.59. The van der Waals surface area contributed by atoms with Crippen molar-refractivity contribution in [1.82, 2.24) is 9.55 Å². The zero-order chi connectivity index (χ0) is 10.8. The molecular formula is C11H20N2S. The van der Waals surface area contributed by atoms with Crippen molar-refractivity contribution in [2.24, 2.45) is 0 Å². The van der Waals surface area contributed by atoms with Crippen LogP contribution in [0.3, 0.4) is 0 Å². The highest BCUT2D eigenvalue weighted by atomic mass is 32.1. The van der Waals surface area contributed by atoms with Gasteiger partial charge in [0.2, 0.25) is 0 Å². The first kappa shape index (κ1) is 11.5. The molecule has 0 unspecified atom stereocenters. The molecule has 0 aromatic carbocycles. The van der Waals surface area contributed by atoms with Gasteiger partial charge in [-0.3, -0.25) is 0 Å². The van der Waals surface area contributed by atoms with Gasteiger partial charge < -0.3 is 9.55 Å². The Hall–Kier alpha value is -0.570. The van der Waals surface area contributed by atoms with E-state index in [9.17, 15) is 0 Å². The number of aromatic nitrogens is 2. The molecule has 1 aromatic rings. The molecule has 1 N–H and O–H groups in total. The van der Waals surface area contributed by atoms with Gasteiger partial charge in [-0.2, -0.15) is 0 Å². The number of nitrogens with zero attached hydrogens (tertiary/aromatic N) is 1. The third-order valence-electron chi connectivity index (χ3n) is 3.28. The van der Waals surface area contributed by atoms with Crippen molar-refractivity contribution in [3.05, 3.63) is 16.7 Å². The van der Waals surface area contributed by atoms with Gasteiger partial charge >= 0.3 is 0 Å². The number of aromatic amines is 1. The Labute approximate surface area is 91.3 Å². The molecule has 1 aromatic heterocycles. The largest absolute Gasteiger partial charge is 0.337 e. The Balaban J connectivity index is 3.28. The Bertz CT molecular complexity index is 344. The highest BCUT2D eigenvalue weighted by Crippen LogP contribution is 2.26. The second-order valence-corrected chi connectivity index (χ2v) is 4.36. The first-order valence-electron chi connectivity index (χ1n) is 5.38. The minimum absolute atomic E-state index is 0.169.